The Bertz CT molecular complexity index is 922. The first-order valence-electron chi connectivity index (χ1n) is 9.57. The summed E-state index contributed by atoms with van der Waals surface area (Å²) >= 11 is 1.03. The van der Waals surface area contributed by atoms with Crippen molar-refractivity contribution in [3.05, 3.63) is 29.3 Å². The van der Waals surface area contributed by atoms with Gasteiger partial charge in [0, 0.05) is 12.1 Å². The number of thioether (sulfide) groups is 1. The van der Waals surface area contributed by atoms with Gasteiger partial charge in [-0.3, -0.25) is 14.5 Å². The normalized spacial score (nSPS) is 20.4. The average Bonchev–Trinajstić information content (AvgIpc) is 2.98. The number of carboxylic acid groups (broad SMARTS) is 1. The van der Waals surface area contributed by atoms with E-state index in [1.54, 1.807) is 4.90 Å². The number of benzene rings is 1. The summed E-state index contributed by atoms with van der Waals surface area (Å²) in [4.78, 5) is 36.9. The molecule has 0 radical (unpaired) electrons. The molecule has 0 saturated carbocycles. The lowest BCUT2D eigenvalue weighted by Crippen LogP contribution is -2.40. The number of nitrogens with zero attached hydrogens (tertiary/aromatic N) is 3. The van der Waals surface area contributed by atoms with Gasteiger partial charge in [-0.1, -0.05) is 30.0 Å². The Balaban J connectivity index is 1.80. The van der Waals surface area contributed by atoms with E-state index in [0.29, 0.717) is 12.1 Å². The Labute approximate surface area is 178 Å². The van der Waals surface area contributed by atoms with E-state index >= 15 is 0 Å². The Kier molecular flexibility index (Phi) is 6.45. The van der Waals surface area contributed by atoms with Crippen molar-refractivity contribution in [3.63, 3.8) is 0 Å². The Morgan fingerprint density at radius 3 is 2.87 bits per heavy atom. The maximum Gasteiger partial charge on any atom is 0.414 e. The van der Waals surface area contributed by atoms with Crippen LogP contribution in [0.4, 0.5) is 10.5 Å². The van der Waals surface area contributed by atoms with Gasteiger partial charge in [-0.25, -0.2) is 4.79 Å². The number of anilines is 1. The molecular weight excluding hydrogens is 408 g/mol. The van der Waals surface area contributed by atoms with Gasteiger partial charge in [0.15, 0.2) is 5.17 Å². The number of carbonyl (C=O) groups is 3. The highest BCUT2D eigenvalue weighted by atomic mass is 32.2. The topological polar surface area (TPSA) is 121 Å². The zero-order chi connectivity index (χ0) is 21.9. The van der Waals surface area contributed by atoms with Gasteiger partial charge in [0.1, 0.15) is 10.9 Å². The van der Waals surface area contributed by atoms with Gasteiger partial charge >= 0.3 is 12.1 Å². The van der Waals surface area contributed by atoms with Crippen LogP contribution in [0.15, 0.2) is 28.4 Å². The molecule has 1 aromatic carbocycles. The molecule has 1 unspecified atom stereocenters. The summed E-state index contributed by atoms with van der Waals surface area (Å²) in [6.45, 7) is 6.02. The zero-order valence-corrected chi connectivity index (χ0v) is 17.9. The van der Waals surface area contributed by atoms with Crippen molar-refractivity contribution >= 4 is 46.8 Å². The molecule has 10 heteroatoms. The minimum atomic E-state index is -1.05. The molecule has 1 fully saturated rings. The van der Waals surface area contributed by atoms with Crippen LogP contribution in [0.2, 0.25) is 0 Å². The number of ether oxygens (including phenoxy) is 1. The molecule has 9 nitrogen and oxygen atoms in total. The van der Waals surface area contributed by atoms with Gasteiger partial charge in [0.25, 0.3) is 0 Å². The van der Waals surface area contributed by atoms with E-state index in [-0.39, 0.29) is 11.6 Å². The van der Waals surface area contributed by atoms with E-state index < -0.39 is 28.8 Å². The van der Waals surface area contributed by atoms with Gasteiger partial charge in [-0.05, 0) is 39.2 Å². The van der Waals surface area contributed by atoms with Gasteiger partial charge in [-0.15, -0.1) is 5.10 Å². The lowest BCUT2D eigenvalue weighted by molar-refractivity contribution is -0.138. The van der Waals surface area contributed by atoms with Crippen molar-refractivity contribution in [2.45, 2.75) is 50.9 Å². The standard InChI is InChI=1S/C20H24N4O5S/c1-20(2,3)29-19(28)24-9-5-8-12-6-4-7-13(16(12)24)11-21-23-18-22-17(27)14(30-18)10-15(25)26/h4,6-7,11,14H,5,8-10H2,1-3H3,(H,25,26)(H,22,23,27). The molecule has 0 bridgehead atoms. The number of nitrogens with one attached hydrogen (secondary N) is 1. The fourth-order valence-corrected chi connectivity index (χ4v) is 4.09. The third-order valence-corrected chi connectivity index (χ3v) is 5.42. The van der Waals surface area contributed by atoms with Gasteiger partial charge < -0.3 is 15.2 Å². The highest BCUT2D eigenvalue weighted by Gasteiger charge is 2.32. The van der Waals surface area contributed by atoms with Crippen molar-refractivity contribution in [2.75, 3.05) is 11.4 Å². The first-order chi connectivity index (χ1) is 14.1. The first-order valence-corrected chi connectivity index (χ1v) is 10.4. The van der Waals surface area contributed by atoms with Crippen molar-refractivity contribution in [1.29, 1.82) is 0 Å². The van der Waals surface area contributed by atoms with Crippen molar-refractivity contribution in [3.8, 4) is 0 Å². The van der Waals surface area contributed by atoms with Gasteiger partial charge in [-0.2, -0.15) is 5.10 Å². The lowest BCUT2D eigenvalue weighted by atomic mass is 9.98. The van der Waals surface area contributed by atoms with E-state index in [0.717, 1.165) is 35.9 Å². The highest BCUT2D eigenvalue weighted by molar-refractivity contribution is 8.15. The Morgan fingerprint density at radius 2 is 2.17 bits per heavy atom. The summed E-state index contributed by atoms with van der Waals surface area (Å²) < 4.78 is 5.55. The van der Waals surface area contributed by atoms with E-state index in [2.05, 4.69) is 15.5 Å². The minimum absolute atomic E-state index is 0.247. The fourth-order valence-electron chi connectivity index (χ4n) is 3.17. The summed E-state index contributed by atoms with van der Waals surface area (Å²) in [5.41, 5.74) is 1.87. The molecule has 3 rings (SSSR count). The number of amidine groups is 1. The first kappa shape index (κ1) is 21.8. The third kappa shape index (κ3) is 5.38. The number of carbonyl (C=O) groups excluding carboxylic acids is 2. The SMILES string of the molecule is CC(C)(C)OC(=O)N1CCCc2cccc(C=NN=C3NC(=O)C(CC(=O)O)S3)c21. The average molecular weight is 433 g/mol. The van der Waals surface area contributed by atoms with Crippen LogP contribution >= 0.6 is 11.8 Å². The minimum Gasteiger partial charge on any atom is -0.481 e. The summed E-state index contributed by atoms with van der Waals surface area (Å²) in [6, 6.07) is 5.69. The Morgan fingerprint density at radius 1 is 1.40 bits per heavy atom. The number of aliphatic carboxylic acids is 1. The largest absolute Gasteiger partial charge is 0.481 e. The molecule has 0 aromatic heterocycles. The fraction of sp³-hybridized carbons (Fsp3) is 0.450. The number of hydrogen-bond donors (Lipinski definition) is 2. The predicted octanol–water partition coefficient (Wildman–Crippen LogP) is 2.77. The van der Waals surface area contributed by atoms with Crippen LogP contribution in [0, 0.1) is 0 Å². The number of aryl methyl sites for hydroxylation is 1. The van der Waals surface area contributed by atoms with Crippen LogP contribution < -0.4 is 10.2 Å². The molecule has 160 valence electrons. The Hall–Kier alpha value is -2.88. The zero-order valence-electron chi connectivity index (χ0n) is 17.0. The third-order valence-electron chi connectivity index (χ3n) is 4.34. The number of hydrogen-bond acceptors (Lipinski definition) is 7. The van der Waals surface area contributed by atoms with Crippen LogP contribution in [0.5, 0.6) is 0 Å². The number of carboxylic acids is 1. The van der Waals surface area contributed by atoms with Crippen molar-refractivity contribution < 1.29 is 24.2 Å². The molecule has 2 aliphatic rings. The van der Waals surface area contributed by atoms with Gasteiger partial charge in [0.2, 0.25) is 5.91 Å². The molecular formula is C20H24N4O5S. The van der Waals surface area contributed by atoms with Crippen LogP contribution in [0.1, 0.15) is 44.7 Å². The van der Waals surface area contributed by atoms with Crippen LogP contribution in [0.3, 0.4) is 0 Å². The van der Waals surface area contributed by atoms with Gasteiger partial charge in [0.05, 0.1) is 18.3 Å². The number of amides is 2. The second-order valence-corrected chi connectivity index (χ2v) is 9.13. The maximum absolute atomic E-state index is 12.7. The molecule has 1 atom stereocenters. The molecule has 2 amide bonds. The van der Waals surface area contributed by atoms with Crippen LogP contribution in [-0.4, -0.2) is 51.9 Å². The van der Waals surface area contributed by atoms with Crippen molar-refractivity contribution in [2.24, 2.45) is 10.2 Å². The highest BCUT2D eigenvalue weighted by Crippen LogP contribution is 2.31. The molecule has 2 heterocycles. The molecule has 30 heavy (non-hydrogen) atoms. The number of para-hydroxylation sites is 1. The molecule has 1 aromatic rings. The van der Waals surface area contributed by atoms with Crippen LogP contribution in [-0.2, 0) is 20.7 Å². The molecule has 1 saturated heterocycles. The molecule has 0 spiro atoms. The monoisotopic (exact) mass is 432 g/mol. The maximum atomic E-state index is 12.7. The smallest absolute Gasteiger partial charge is 0.414 e. The van der Waals surface area contributed by atoms with E-state index in [9.17, 15) is 14.4 Å². The number of rotatable bonds is 4. The summed E-state index contributed by atoms with van der Waals surface area (Å²) in [5, 5.41) is 18.9. The molecule has 2 aliphatic heterocycles. The molecule has 0 aliphatic carbocycles. The molecule has 2 N–H and O–H groups in total. The second kappa shape index (κ2) is 8.86. The van der Waals surface area contributed by atoms with Crippen molar-refractivity contribution in [1.82, 2.24) is 5.32 Å². The van der Waals surface area contributed by atoms with Crippen LogP contribution in [0.25, 0.3) is 0 Å². The summed E-state index contributed by atoms with van der Waals surface area (Å²) in [7, 11) is 0. The van der Waals surface area contributed by atoms with E-state index in [1.165, 1.54) is 6.21 Å². The second-order valence-electron chi connectivity index (χ2n) is 7.93. The predicted molar refractivity (Wildman–Crippen MR) is 115 cm³/mol. The van der Waals surface area contributed by atoms with E-state index in [4.69, 9.17) is 9.84 Å². The van der Waals surface area contributed by atoms with E-state index in [1.807, 2.05) is 39.0 Å². The number of fused-ring (bicyclic) bond motifs is 1. The summed E-state index contributed by atoms with van der Waals surface area (Å²) in [6.07, 6.45) is 2.50. The lowest BCUT2D eigenvalue weighted by Gasteiger charge is -2.32. The quantitative estimate of drug-likeness (QED) is 0.557. The summed E-state index contributed by atoms with van der Waals surface area (Å²) in [5.74, 6) is -1.45.